The first-order valence-electron chi connectivity index (χ1n) is 5.81. The molecule has 0 saturated heterocycles. The minimum absolute atomic E-state index is 0.109. The van der Waals surface area contributed by atoms with E-state index in [9.17, 15) is 4.79 Å². The number of carbonyl (C=O) groups is 1. The van der Waals surface area contributed by atoms with Gasteiger partial charge in [0.25, 0.3) is 0 Å². The Morgan fingerprint density at radius 2 is 2.06 bits per heavy atom. The first-order chi connectivity index (χ1) is 8.31. The van der Waals surface area contributed by atoms with Crippen LogP contribution < -0.4 is 0 Å². The lowest BCUT2D eigenvalue weighted by molar-refractivity contribution is 0.0976. The Kier molecular flexibility index (Phi) is 3.66. The number of hydrogen-bond donors (Lipinski definition) is 0. The van der Waals surface area contributed by atoms with Crippen LogP contribution in [0.15, 0.2) is 49.1 Å². The van der Waals surface area contributed by atoms with E-state index in [1.807, 2.05) is 36.4 Å². The maximum atomic E-state index is 11.9. The second-order valence-corrected chi connectivity index (χ2v) is 3.99. The van der Waals surface area contributed by atoms with Gasteiger partial charge in [-0.3, -0.25) is 4.79 Å². The highest BCUT2D eigenvalue weighted by Gasteiger charge is 2.07. The van der Waals surface area contributed by atoms with Crippen molar-refractivity contribution in [3.05, 3.63) is 54.7 Å². The van der Waals surface area contributed by atoms with Gasteiger partial charge in [0.1, 0.15) is 5.69 Å². The number of ketones is 1. The Labute approximate surface area is 101 Å². The average molecular weight is 225 g/mol. The van der Waals surface area contributed by atoms with Gasteiger partial charge in [0, 0.05) is 11.8 Å². The van der Waals surface area contributed by atoms with Crippen molar-refractivity contribution < 1.29 is 4.79 Å². The van der Waals surface area contributed by atoms with Crippen LogP contribution >= 0.6 is 0 Å². The summed E-state index contributed by atoms with van der Waals surface area (Å²) in [6.07, 6.45) is 4.09. The summed E-state index contributed by atoms with van der Waals surface area (Å²) in [4.78, 5) is 16.2. The fourth-order valence-electron chi connectivity index (χ4n) is 1.76. The van der Waals surface area contributed by atoms with Crippen LogP contribution in [0, 0.1) is 0 Å². The Balaban J connectivity index is 2.18. The number of allylic oxidation sites excluding steroid dienone is 1. The van der Waals surface area contributed by atoms with Crippen molar-refractivity contribution in [1.29, 1.82) is 0 Å². The molecule has 0 spiro atoms. The lowest BCUT2D eigenvalue weighted by Gasteiger charge is -2.01. The van der Waals surface area contributed by atoms with Gasteiger partial charge in [-0.25, -0.2) is 4.98 Å². The Bertz CT molecular complexity index is 545. The quantitative estimate of drug-likeness (QED) is 0.440. The van der Waals surface area contributed by atoms with Gasteiger partial charge in [0.15, 0.2) is 5.78 Å². The molecule has 0 aliphatic carbocycles. The van der Waals surface area contributed by atoms with Gasteiger partial charge >= 0.3 is 0 Å². The molecule has 0 N–H and O–H groups in total. The van der Waals surface area contributed by atoms with Crippen molar-refractivity contribution >= 4 is 16.7 Å². The van der Waals surface area contributed by atoms with Crippen molar-refractivity contribution in [3.63, 3.8) is 0 Å². The molecule has 86 valence electrons. The van der Waals surface area contributed by atoms with Crippen molar-refractivity contribution in [1.82, 2.24) is 4.98 Å². The van der Waals surface area contributed by atoms with Crippen LogP contribution in [-0.4, -0.2) is 10.8 Å². The van der Waals surface area contributed by atoms with Gasteiger partial charge in [-0.05, 0) is 25.0 Å². The van der Waals surface area contributed by atoms with E-state index in [1.165, 1.54) is 0 Å². The smallest absolute Gasteiger partial charge is 0.181 e. The molecule has 1 aromatic carbocycles. The highest BCUT2D eigenvalue weighted by Crippen LogP contribution is 2.13. The van der Waals surface area contributed by atoms with E-state index in [0.717, 1.165) is 23.7 Å². The van der Waals surface area contributed by atoms with Crippen LogP contribution in [0.5, 0.6) is 0 Å². The Morgan fingerprint density at radius 1 is 1.24 bits per heavy atom. The second kappa shape index (κ2) is 5.39. The van der Waals surface area contributed by atoms with E-state index in [-0.39, 0.29) is 5.78 Å². The standard InChI is InChI=1S/C15H15NO/c1-2-3-4-9-15(17)14-11-10-12-7-5-6-8-13(12)16-14/h2,5-8,10-11H,1,3-4,9H2. The fourth-order valence-corrected chi connectivity index (χ4v) is 1.76. The number of unbranched alkanes of at least 4 members (excludes halogenated alkanes) is 1. The van der Waals surface area contributed by atoms with Gasteiger partial charge in [0.05, 0.1) is 5.52 Å². The second-order valence-electron chi connectivity index (χ2n) is 3.99. The summed E-state index contributed by atoms with van der Waals surface area (Å²) in [5.74, 6) is 0.109. The minimum Gasteiger partial charge on any atom is -0.292 e. The Hall–Kier alpha value is -1.96. The number of para-hydroxylation sites is 1. The summed E-state index contributed by atoms with van der Waals surface area (Å²) in [6.45, 7) is 3.64. The molecule has 0 atom stereocenters. The number of nitrogens with zero attached hydrogens (tertiary/aromatic N) is 1. The molecule has 17 heavy (non-hydrogen) atoms. The summed E-state index contributed by atoms with van der Waals surface area (Å²) < 4.78 is 0. The normalized spacial score (nSPS) is 10.4. The third-order valence-corrected chi connectivity index (χ3v) is 2.70. The number of pyridine rings is 1. The molecule has 1 heterocycles. The van der Waals surface area contributed by atoms with Crippen molar-refractivity contribution in [2.24, 2.45) is 0 Å². The van der Waals surface area contributed by atoms with Crippen LogP contribution in [0.2, 0.25) is 0 Å². The summed E-state index contributed by atoms with van der Waals surface area (Å²) in [5, 5.41) is 1.06. The third-order valence-electron chi connectivity index (χ3n) is 2.70. The van der Waals surface area contributed by atoms with E-state index in [1.54, 1.807) is 6.07 Å². The highest BCUT2D eigenvalue weighted by molar-refractivity contribution is 5.96. The monoisotopic (exact) mass is 225 g/mol. The third kappa shape index (κ3) is 2.78. The number of benzene rings is 1. The first-order valence-corrected chi connectivity index (χ1v) is 5.81. The topological polar surface area (TPSA) is 30.0 Å². The SMILES string of the molecule is C=CCCCC(=O)c1ccc2ccccc2n1. The van der Waals surface area contributed by atoms with E-state index in [4.69, 9.17) is 0 Å². The molecule has 0 fully saturated rings. The lowest BCUT2D eigenvalue weighted by Crippen LogP contribution is -2.01. The van der Waals surface area contributed by atoms with Crippen molar-refractivity contribution in [3.8, 4) is 0 Å². The van der Waals surface area contributed by atoms with E-state index in [0.29, 0.717) is 12.1 Å². The van der Waals surface area contributed by atoms with Crippen LogP contribution in [0.1, 0.15) is 29.8 Å². The van der Waals surface area contributed by atoms with Gasteiger partial charge in [0.2, 0.25) is 0 Å². The molecule has 2 aromatic rings. The zero-order chi connectivity index (χ0) is 12.1. The number of Topliss-reactive ketones (excluding diaryl/α,β-unsaturated/α-hetero) is 1. The minimum atomic E-state index is 0.109. The molecule has 0 saturated carbocycles. The predicted molar refractivity (Wildman–Crippen MR) is 70.1 cm³/mol. The van der Waals surface area contributed by atoms with E-state index in [2.05, 4.69) is 11.6 Å². The number of fused-ring (bicyclic) bond motifs is 1. The van der Waals surface area contributed by atoms with Crippen LogP contribution in [0.3, 0.4) is 0 Å². The molecule has 0 aliphatic heterocycles. The molecule has 0 unspecified atom stereocenters. The molecule has 2 nitrogen and oxygen atoms in total. The van der Waals surface area contributed by atoms with E-state index >= 15 is 0 Å². The lowest BCUT2D eigenvalue weighted by atomic mass is 10.1. The van der Waals surface area contributed by atoms with Gasteiger partial charge in [-0.15, -0.1) is 6.58 Å². The zero-order valence-electron chi connectivity index (χ0n) is 9.73. The van der Waals surface area contributed by atoms with Gasteiger partial charge in [-0.1, -0.05) is 30.3 Å². The molecular weight excluding hydrogens is 210 g/mol. The summed E-state index contributed by atoms with van der Waals surface area (Å²) in [5.41, 5.74) is 1.44. The summed E-state index contributed by atoms with van der Waals surface area (Å²) in [7, 11) is 0. The number of hydrogen-bond acceptors (Lipinski definition) is 2. The molecule has 1 aromatic heterocycles. The van der Waals surface area contributed by atoms with Crippen LogP contribution in [0.25, 0.3) is 10.9 Å². The molecular formula is C15H15NO. The predicted octanol–water partition coefficient (Wildman–Crippen LogP) is 3.77. The molecule has 0 bridgehead atoms. The largest absolute Gasteiger partial charge is 0.292 e. The fraction of sp³-hybridized carbons (Fsp3) is 0.200. The summed E-state index contributed by atoms with van der Waals surface area (Å²) >= 11 is 0. The average Bonchev–Trinajstić information content (AvgIpc) is 2.38. The number of carbonyl (C=O) groups excluding carboxylic acids is 1. The maximum absolute atomic E-state index is 11.9. The maximum Gasteiger partial charge on any atom is 0.181 e. The first kappa shape index (κ1) is 11.5. The molecule has 2 heteroatoms. The van der Waals surface area contributed by atoms with Gasteiger partial charge in [-0.2, -0.15) is 0 Å². The molecule has 0 amide bonds. The zero-order valence-corrected chi connectivity index (χ0v) is 9.73. The number of aromatic nitrogens is 1. The number of rotatable bonds is 5. The molecule has 0 aliphatic rings. The van der Waals surface area contributed by atoms with Crippen LogP contribution in [-0.2, 0) is 0 Å². The molecule has 2 rings (SSSR count). The van der Waals surface area contributed by atoms with Crippen molar-refractivity contribution in [2.75, 3.05) is 0 Å². The summed E-state index contributed by atoms with van der Waals surface area (Å²) in [6, 6.07) is 11.6. The van der Waals surface area contributed by atoms with Crippen LogP contribution in [0.4, 0.5) is 0 Å². The van der Waals surface area contributed by atoms with Gasteiger partial charge < -0.3 is 0 Å². The highest BCUT2D eigenvalue weighted by atomic mass is 16.1. The van der Waals surface area contributed by atoms with E-state index < -0.39 is 0 Å². The Morgan fingerprint density at radius 3 is 2.88 bits per heavy atom. The van der Waals surface area contributed by atoms with Crippen molar-refractivity contribution in [2.45, 2.75) is 19.3 Å². The molecule has 0 radical (unpaired) electrons.